The van der Waals surface area contributed by atoms with Gasteiger partial charge in [0.25, 0.3) is 0 Å². The van der Waals surface area contributed by atoms with Crippen LogP contribution >= 0.6 is 0 Å². The van der Waals surface area contributed by atoms with Crippen molar-refractivity contribution < 1.29 is 47.4 Å². The second kappa shape index (κ2) is 10.0. The highest BCUT2D eigenvalue weighted by atomic mass is 19.4. The number of likely N-dealkylation sites (N-methyl/N-ethyl adjacent to an activating group) is 1. The zero-order valence-electron chi connectivity index (χ0n) is 22.5. The molecule has 5 N–H and O–H groups in total. The number of nitrogens with one attached hydrogen (secondary N) is 1. The van der Waals surface area contributed by atoms with Crippen molar-refractivity contribution >= 4 is 29.0 Å². The number of carbonyl (C=O) groups excluding carboxylic acids is 5. The lowest BCUT2D eigenvalue weighted by molar-refractivity contribution is -0.181. The van der Waals surface area contributed by atoms with Gasteiger partial charge < -0.3 is 21.3 Å². The van der Waals surface area contributed by atoms with Crippen LogP contribution in [0, 0.1) is 23.7 Å². The SMILES string of the molecule is CCC(C)NCc1cc(O)c2c(c1C(F)(F)F)C[C@H]1C[C@H]3[C@H](N(C)C)C(=O)C(C(N)=O)C(=O)[C@@]3(O)C(=O)C1C2=O. The summed E-state index contributed by atoms with van der Waals surface area (Å²) in [6.45, 7) is 3.39. The summed E-state index contributed by atoms with van der Waals surface area (Å²) in [7, 11) is 2.84. The van der Waals surface area contributed by atoms with Gasteiger partial charge in [-0.15, -0.1) is 0 Å². The lowest BCUT2D eigenvalue weighted by Crippen LogP contribution is -2.74. The Kier molecular flexibility index (Phi) is 7.48. The van der Waals surface area contributed by atoms with E-state index in [1.807, 2.05) is 6.92 Å². The number of rotatable bonds is 6. The van der Waals surface area contributed by atoms with Crippen molar-refractivity contribution in [3.63, 3.8) is 0 Å². The number of phenols is 1. The molecule has 4 rings (SSSR count). The minimum atomic E-state index is -4.91. The van der Waals surface area contributed by atoms with Gasteiger partial charge in [-0.05, 0) is 63.4 Å². The van der Waals surface area contributed by atoms with Gasteiger partial charge in [-0.2, -0.15) is 13.2 Å². The minimum Gasteiger partial charge on any atom is -0.507 e. The molecule has 1 aromatic rings. The third-order valence-electron chi connectivity index (χ3n) is 8.68. The molecule has 3 aliphatic carbocycles. The highest BCUT2D eigenvalue weighted by molar-refractivity contribution is 6.32. The monoisotopic (exact) mass is 567 g/mol. The first kappa shape index (κ1) is 29.8. The van der Waals surface area contributed by atoms with Gasteiger partial charge in [-0.25, -0.2) is 0 Å². The molecule has 0 saturated heterocycles. The van der Waals surface area contributed by atoms with E-state index >= 15 is 0 Å². The third-order valence-corrected chi connectivity index (χ3v) is 8.68. The van der Waals surface area contributed by atoms with Crippen LogP contribution in [-0.2, 0) is 38.3 Å². The summed E-state index contributed by atoms with van der Waals surface area (Å²) in [4.78, 5) is 67.1. The average Bonchev–Trinajstić information content (AvgIpc) is 2.83. The standard InChI is InChI=1S/C27H32F3N3O7/c1-5-10(2)32-9-12-8-15(34)17-13(19(12)27(28,29)30)6-11-7-14-20(33(3)4)22(36)18(25(31)39)24(38)26(14,40)23(37)16(11)21(17)35/h8,10-11,14,16,18,20,32,34,40H,5-7,9H2,1-4H3,(H2,31,39)/t10?,11-,14-,16?,18?,20-,26-/m0/s1. The van der Waals surface area contributed by atoms with Crippen LogP contribution in [0.3, 0.4) is 0 Å². The summed E-state index contributed by atoms with van der Waals surface area (Å²) in [5.74, 6) is -13.4. The first-order valence-electron chi connectivity index (χ1n) is 13.0. The van der Waals surface area contributed by atoms with Gasteiger partial charge in [0.15, 0.2) is 34.7 Å². The fourth-order valence-corrected chi connectivity index (χ4v) is 6.67. The van der Waals surface area contributed by atoms with E-state index in [9.17, 15) is 47.4 Å². The molecule has 0 heterocycles. The van der Waals surface area contributed by atoms with Crippen LogP contribution in [0.5, 0.6) is 5.75 Å². The summed E-state index contributed by atoms with van der Waals surface area (Å²) in [6.07, 6.45) is -5.08. The molecule has 3 aliphatic rings. The van der Waals surface area contributed by atoms with Gasteiger partial charge in [-0.1, -0.05) is 6.92 Å². The smallest absolute Gasteiger partial charge is 0.417 e. The summed E-state index contributed by atoms with van der Waals surface area (Å²) < 4.78 is 43.4. The van der Waals surface area contributed by atoms with Crippen molar-refractivity contribution in [2.24, 2.45) is 29.4 Å². The molecule has 13 heteroatoms. The molecule has 2 saturated carbocycles. The van der Waals surface area contributed by atoms with Crippen LogP contribution in [0.15, 0.2) is 6.07 Å². The molecule has 0 radical (unpaired) electrons. The second-order valence-electron chi connectivity index (χ2n) is 11.3. The molecule has 1 aromatic carbocycles. The minimum absolute atomic E-state index is 0.132. The van der Waals surface area contributed by atoms with Crippen LogP contribution in [-0.4, -0.2) is 75.9 Å². The molecule has 2 fully saturated rings. The molecule has 3 unspecified atom stereocenters. The number of halogens is 3. The number of amides is 1. The third kappa shape index (κ3) is 4.34. The Morgan fingerprint density at radius 2 is 1.85 bits per heavy atom. The summed E-state index contributed by atoms with van der Waals surface area (Å²) in [5, 5.41) is 25.2. The number of aliphatic hydroxyl groups is 1. The molecule has 7 atom stereocenters. The zero-order chi connectivity index (χ0) is 30.1. The Balaban J connectivity index is 1.88. The van der Waals surface area contributed by atoms with Gasteiger partial charge in [0.2, 0.25) is 5.91 Å². The number of ketones is 4. The van der Waals surface area contributed by atoms with Gasteiger partial charge in [0, 0.05) is 18.5 Å². The Labute approximate surface area is 228 Å². The van der Waals surface area contributed by atoms with Crippen molar-refractivity contribution in [3.05, 3.63) is 28.3 Å². The van der Waals surface area contributed by atoms with E-state index in [0.717, 1.165) is 6.07 Å². The molecule has 1 amide bonds. The number of nitrogens with zero attached hydrogens (tertiary/aromatic N) is 1. The lowest BCUT2D eigenvalue weighted by atomic mass is 9.52. The number of benzene rings is 1. The normalized spacial score (nSPS) is 31.1. The number of fused-ring (bicyclic) bond motifs is 3. The number of phenolic OH excluding ortho intramolecular Hbond substituents is 1. The van der Waals surface area contributed by atoms with E-state index in [-0.39, 0.29) is 24.6 Å². The summed E-state index contributed by atoms with van der Waals surface area (Å²) in [6, 6.07) is -0.633. The summed E-state index contributed by atoms with van der Waals surface area (Å²) >= 11 is 0. The maximum atomic E-state index is 14.5. The van der Waals surface area contributed by atoms with Crippen LogP contribution in [0.2, 0.25) is 0 Å². The van der Waals surface area contributed by atoms with E-state index in [0.29, 0.717) is 6.42 Å². The molecule has 0 bridgehead atoms. The molecule has 10 nitrogen and oxygen atoms in total. The largest absolute Gasteiger partial charge is 0.507 e. The molecular weight excluding hydrogens is 535 g/mol. The Morgan fingerprint density at radius 1 is 1.23 bits per heavy atom. The zero-order valence-corrected chi connectivity index (χ0v) is 22.5. The van der Waals surface area contributed by atoms with Crippen molar-refractivity contribution in [1.82, 2.24) is 10.2 Å². The second-order valence-corrected chi connectivity index (χ2v) is 11.3. The van der Waals surface area contributed by atoms with Crippen LogP contribution in [0.1, 0.15) is 53.7 Å². The van der Waals surface area contributed by atoms with Gasteiger partial charge in [-0.3, -0.25) is 28.9 Å². The molecule has 0 aliphatic heterocycles. The number of Topliss-reactive ketones (excluding diaryl/α,β-unsaturated/α-hetero) is 4. The number of alkyl halides is 3. The number of carbonyl (C=O) groups is 5. The number of aromatic hydroxyl groups is 1. The maximum Gasteiger partial charge on any atom is 0.417 e. The van der Waals surface area contributed by atoms with E-state index in [2.05, 4.69) is 5.32 Å². The number of hydrogen-bond donors (Lipinski definition) is 4. The predicted molar refractivity (Wildman–Crippen MR) is 133 cm³/mol. The van der Waals surface area contributed by atoms with E-state index in [1.54, 1.807) is 6.92 Å². The molecular formula is C27H32F3N3O7. The highest BCUT2D eigenvalue weighted by Crippen LogP contribution is 2.52. The Bertz CT molecular complexity index is 1310. The molecule has 40 heavy (non-hydrogen) atoms. The van der Waals surface area contributed by atoms with Crippen molar-refractivity contribution in [1.29, 1.82) is 0 Å². The van der Waals surface area contributed by atoms with Crippen LogP contribution in [0.25, 0.3) is 0 Å². The van der Waals surface area contributed by atoms with E-state index in [4.69, 9.17) is 5.73 Å². The van der Waals surface area contributed by atoms with Gasteiger partial charge >= 0.3 is 6.18 Å². The topological polar surface area (TPSA) is 167 Å². The summed E-state index contributed by atoms with van der Waals surface area (Å²) in [5.41, 5.74) is -0.198. The van der Waals surface area contributed by atoms with Crippen molar-refractivity contribution in [2.75, 3.05) is 14.1 Å². The van der Waals surface area contributed by atoms with Crippen LogP contribution in [0.4, 0.5) is 13.2 Å². The Morgan fingerprint density at radius 3 is 2.38 bits per heavy atom. The maximum absolute atomic E-state index is 14.5. The Hall–Kier alpha value is -3.16. The fourth-order valence-electron chi connectivity index (χ4n) is 6.67. The number of nitrogens with two attached hydrogens (primary N) is 1. The average molecular weight is 568 g/mol. The number of hydrogen-bond acceptors (Lipinski definition) is 9. The fraction of sp³-hybridized carbons (Fsp3) is 0.593. The van der Waals surface area contributed by atoms with Gasteiger partial charge in [0.1, 0.15) is 5.75 Å². The first-order chi connectivity index (χ1) is 18.5. The molecule has 218 valence electrons. The van der Waals surface area contributed by atoms with E-state index in [1.165, 1.54) is 19.0 Å². The lowest BCUT2D eigenvalue weighted by Gasteiger charge is -2.52. The predicted octanol–water partition coefficient (Wildman–Crippen LogP) is 0.774. The molecule has 0 spiro atoms. The van der Waals surface area contributed by atoms with Crippen molar-refractivity contribution in [2.45, 2.75) is 63.5 Å². The van der Waals surface area contributed by atoms with Crippen molar-refractivity contribution in [3.8, 4) is 5.75 Å². The number of primary amides is 1. The highest BCUT2D eigenvalue weighted by Gasteiger charge is 2.69. The van der Waals surface area contributed by atoms with E-state index < -0.39 is 99.4 Å². The van der Waals surface area contributed by atoms with Gasteiger partial charge in [0.05, 0.1) is 23.1 Å². The molecule has 0 aromatic heterocycles. The van der Waals surface area contributed by atoms with Crippen LogP contribution < -0.4 is 11.1 Å². The quantitative estimate of drug-likeness (QED) is 0.363. The first-order valence-corrected chi connectivity index (χ1v) is 13.0.